The van der Waals surface area contributed by atoms with Gasteiger partial charge in [-0.2, -0.15) is 0 Å². The van der Waals surface area contributed by atoms with E-state index in [1.54, 1.807) is 14.5 Å². The number of carbonyl (C=O) groups is 3. The fourth-order valence-electron chi connectivity index (χ4n) is 6.21. The van der Waals surface area contributed by atoms with Crippen molar-refractivity contribution in [2.75, 3.05) is 19.8 Å². The average Bonchev–Trinajstić information content (AvgIpc) is 3.48. The molecule has 5 heterocycles. The largest absolute Gasteiger partial charge is 0.465 e. The normalized spacial score (nSPS) is 32.0. The molecular formula is C26H29N5O5S. The number of cyclic esters (lactones) is 1. The molecule has 4 aliphatic rings. The molecule has 0 aliphatic carbocycles. The van der Waals surface area contributed by atoms with Crippen LogP contribution < -0.4 is 0 Å². The maximum atomic E-state index is 14.3. The number of benzene rings is 1. The molecule has 10 nitrogen and oxygen atoms in total. The number of amides is 2. The molecule has 0 saturated carbocycles. The maximum Gasteiger partial charge on any atom is 0.311 e. The Morgan fingerprint density at radius 3 is 2.86 bits per heavy atom. The van der Waals surface area contributed by atoms with Gasteiger partial charge in [0, 0.05) is 11.8 Å². The van der Waals surface area contributed by atoms with E-state index in [1.165, 1.54) is 11.8 Å². The number of esters is 1. The van der Waals surface area contributed by atoms with Crippen LogP contribution in [0.1, 0.15) is 19.8 Å². The summed E-state index contributed by atoms with van der Waals surface area (Å²) >= 11 is 1.50. The molecule has 6 rings (SSSR count). The Bertz CT molecular complexity index is 1310. The molecule has 1 N–H and O–H groups in total. The van der Waals surface area contributed by atoms with Crippen LogP contribution in [0.25, 0.3) is 11.0 Å². The fourth-order valence-corrected chi connectivity index (χ4v) is 8.20. The number of thioether (sulfide) groups is 1. The van der Waals surface area contributed by atoms with E-state index in [-0.39, 0.29) is 36.9 Å². The number of likely N-dealkylation sites (tertiary alicyclic amines) is 1. The minimum Gasteiger partial charge on any atom is -0.465 e. The van der Waals surface area contributed by atoms with Crippen molar-refractivity contribution in [2.45, 2.75) is 48.5 Å². The van der Waals surface area contributed by atoms with Gasteiger partial charge < -0.3 is 19.6 Å². The summed E-state index contributed by atoms with van der Waals surface area (Å²) in [5.41, 5.74) is 1.53. The maximum absolute atomic E-state index is 14.3. The molecular weight excluding hydrogens is 494 g/mol. The first kappa shape index (κ1) is 24.2. The zero-order chi connectivity index (χ0) is 25.7. The number of rotatable bonds is 5. The number of fused-ring (bicyclic) bond motifs is 3. The summed E-state index contributed by atoms with van der Waals surface area (Å²) < 4.78 is 6.24. The van der Waals surface area contributed by atoms with E-state index in [0.29, 0.717) is 19.4 Å². The van der Waals surface area contributed by atoms with E-state index in [0.717, 1.165) is 11.0 Å². The molecule has 1 aromatic heterocycles. The standard InChI is InChI=1S/C26H29N5O5S/c1-2-16(14-32)31-22-24(34)29(15-30-18-9-4-3-8-17(18)27-28-30)12-7-11-26(22)21(23(31)33)20-19(37-26)10-5-6-13-36-25(20)35/h3-5,7-11,16,19-22,32H,2,6,12-15H2,1H3/t16-,19+,20-,21-,22?,26-/m0/s1. The summed E-state index contributed by atoms with van der Waals surface area (Å²) in [7, 11) is 0. The average molecular weight is 524 g/mol. The highest BCUT2D eigenvalue weighted by atomic mass is 32.2. The lowest BCUT2D eigenvalue weighted by molar-refractivity contribution is -0.153. The van der Waals surface area contributed by atoms with E-state index in [4.69, 9.17) is 4.74 Å². The lowest BCUT2D eigenvalue weighted by Crippen LogP contribution is -2.56. The second kappa shape index (κ2) is 9.29. The molecule has 194 valence electrons. The third-order valence-electron chi connectivity index (χ3n) is 7.94. The van der Waals surface area contributed by atoms with Crippen LogP contribution in [-0.2, 0) is 25.8 Å². The SMILES string of the molecule is CC[C@@H](CO)N1C(=O)[C@@H]2[C@H]3C(=O)OCCC=C[C@H]3S[C@@]23C=CCN(Cn2nnc4ccccc42)C(=O)C13. The van der Waals surface area contributed by atoms with Crippen LogP contribution in [0.3, 0.4) is 0 Å². The second-order valence-electron chi connectivity index (χ2n) is 9.90. The number of carbonyl (C=O) groups excluding carboxylic acids is 3. The fraction of sp³-hybridized carbons (Fsp3) is 0.500. The van der Waals surface area contributed by atoms with Crippen molar-refractivity contribution in [3.05, 3.63) is 48.6 Å². The van der Waals surface area contributed by atoms with E-state index in [2.05, 4.69) is 10.3 Å². The number of aliphatic hydroxyl groups excluding tert-OH is 1. The van der Waals surface area contributed by atoms with Crippen LogP contribution in [0.5, 0.6) is 0 Å². The van der Waals surface area contributed by atoms with Crippen molar-refractivity contribution in [1.29, 1.82) is 0 Å². The third-order valence-corrected chi connectivity index (χ3v) is 9.69. The van der Waals surface area contributed by atoms with E-state index >= 15 is 0 Å². The molecule has 2 amide bonds. The van der Waals surface area contributed by atoms with Crippen molar-refractivity contribution in [3.63, 3.8) is 0 Å². The van der Waals surface area contributed by atoms with Gasteiger partial charge in [-0.25, -0.2) is 4.68 Å². The van der Waals surface area contributed by atoms with Crippen molar-refractivity contribution in [1.82, 2.24) is 24.8 Å². The number of hydrogen-bond donors (Lipinski definition) is 1. The van der Waals surface area contributed by atoms with Crippen LogP contribution in [0.4, 0.5) is 0 Å². The molecule has 1 spiro atoms. The predicted molar refractivity (Wildman–Crippen MR) is 136 cm³/mol. The van der Waals surface area contributed by atoms with E-state index in [9.17, 15) is 19.5 Å². The molecule has 1 unspecified atom stereocenters. The monoisotopic (exact) mass is 523 g/mol. The molecule has 0 bridgehead atoms. The van der Waals surface area contributed by atoms with E-state index in [1.807, 2.05) is 55.5 Å². The highest BCUT2D eigenvalue weighted by Gasteiger charge is 2.71. The summed E-state index contributed by atoms with van der Waals surface area (Å²) in [4.78, 5) is 44.8. The molecule has 2 saturated heterocycles. The van der Waals surface area contributed by atoms with Crippen LogP contribution in [-0.4, -0.2) is 89.5 Å². The lowest BCUT2D eigenvalue weighted by atomic mass is 9.78. The third kappa shape index (κ3) is 3.62. The van der Waals surface area contributed by atoms with Crippen LogP contribution in [0.15, 0.2) is 48.6 Å². The smallest absolute Gasteiger partial charge is 0.311 e. The molecule has 1 aromatic carbocycles. The van der Waals surface area contributed by atoms with Crippen molar-refractivity contribution in [3.8, 4) is 0 Å². The first-order chi connectivity index (χ1) is 18.0. The number of ether oxygens (including phenoxy) is 1. The highest BCUT2D eigenvalue weighted by molar-refractivity contribution is 8.02. The summed E-state index contributed by atoms with van der Waals surface area (Å²) in [6.07, 6.45) is 8.95. The van der Waals surface area contributed by atoms with Gasteiger partial charge in [0.25, 0.3) is 0 Å². The number of aliphatic hydroxyl groups is 1. The van der Waals surface area contributed by atoms with Gasteiger partial charge in [0.15, 0.2) is 0 Å². The number of aromatic nitrogens is 3. The van der Waals surface area contributed by atoms with Gasteiger partial charge in [-0.3, -0.25) is 14.4 Å². The van der Waals surface area contributed by atoms with Gasteiger partial charge in [-0.1, -0.05) is 48.6 Å². The Balaban J connectivity index is 1.43. The quantitative estimate of drug-likeness (QED) is 0.461. The minimum atomic E-state index is -0.945. The van der Waals surface area contributed by atoms with Crippen LogP contribution >= 0.6 is 11.8 Å². The number of nitrogens with zero attached hydrogens (tertiary/aromatic N) is 5. The summed E-state index contributed by atoms with van der Waals surface area (Å²) in [5, 5.41) is 18.4. The van der Waals surface area contributed by atoms with Gasteiger partial charge in [0.2, 0.25) is 11.8 Å². The van der Waals surface area contributed by atoms with Gasteiger partial charge in [-0.15, -0.1) is 16.9 Å². The van der Waals surface area contributed by atoms with Crippen LogP contribution in [0.2, 0.25) is 0 Å². The second-order valence-corrected chi connectivity index (χ2v) is 11.4. The zero-order valence-corrected chi connectivity index (χ0v) is 21.3. The Morgan fingerprint density at radius 1 is 1.22 bits per heavy atom. The van der Waals surface area contributed by atoms with Gasteiger partial charge in [-0.05, 0) is 25.0 Å². The lowest BCUT2D eigenvalue weighted by Gasteiger charge is -2.38. The Hall–Kier alpha value is -3.18. The van der Waals surface area contributed by atoms with Crippen molar-refractivity contribution < 1.29 is 24.2 Å². The summed E-state index contributed by atoms with van der Waals surface area (Å²) in [6.45, 7) is 2.38. The predicted octanol–water partition coefficient (Wildman–Crippen LogP) is 1.36. The van der Waals surface area contributed by atoms with E-state index < -0.39 is 34.6 Å². The number of hydrogen-bond acceptors (Lipinski definition) is 8. The Kier molecular flexibility index (Phi) is 6.07. The topological polar surface area (TPSA) is 118 Å². The molecule has 0 radical (unpaired) electrons. The Morgan fingerprint density at radius 2 is 2.05 bits per heavy atom. The van der Waals surface area contributed by atoms with Gasteiger partial charge >= 0.3 is 5.97 Å². The molecule has 6 atom stereocenters. The van der Waals surface area contributed by atoms with Gasteiger partial charge in [0.05, 0.1) is 41.4 Å². The van der Waals surface area contributed by atoms with Crippen molar-refractivity contribution >= 4 is 40.6 Å². The number of para-hydroxylation sites is 1. The Labute approximate surface area is 218 Å². The van der Waals surface area contributed by atoms with Crippen molar-refractivity contribution in [2.24, 2.45) is 11.8 Å². The molecule has 2 aromatic rings. The molecule has 2 fully saturated rings. The summed E-state index contributed by atoms with van der Waals surface area (Å²) in [6, 6.07) is 6.13. The summed E-state index contributed by atoms with van der Waals surface area (Å²) in [5.74, 6) is -2.35. The molecule has 37 heavy (non-hydrogen) atoms. The van der Waals surface area contributed by atoms with Gasteiger partial charge in [0.1, 0.15) is 18.2 Å². The molecule has 4 aliphatic heterocycles. The minimum absolute atomic E-state index is 0.165. The first-order valence-corrected chi connectivity index (χ1v) is 13.6. The first-order valence-electron chi connectivity index (χ1n) is 12.7. The highest BCUT2D eigenvalue weighted by Crippen LogP contribution is 2.61. The molecule has 11 heteroatoms. The van der Waals surface area contributed by atoms with Crippen LogP contribution in [0, 0.1) is 11.8 Å². The zero-order valence-electron chi connectivity index (χ0n) is 20.5.